The van der Waals surface area contributed by atoms with E-state index in [1.54, 1.807) is 13.8 Å². The number of benzene rings is 1. The van der Waals surface area contributed by atoms with Gasteiger partial charge in [0, 0.05) is 6.42 Å². The number of rotatable bonds is 1. The number of aryl methyl sites for hydroxylation is 1. The number of hydrogen-bond donors (Lipinski definition) is 0. The highest BCUT2D eigenvalue weighted by molar-refractivity contribution is 6.12. The van der Waals surface area contributed by atoms with Crippen molar-refractivity contribution in [2.24, 2.45) is 5.41 Å². The van der Waals surface area contributed by atoms with Crippen molar-refractivity contribution in [3.63, 3.8) is 0 Å². The van der Waals surface area contributed by atoms with E-state index in [1.807, 2.05) is 38.1 Å². The Labute approximate surface area is 108 Å². The molecule has 1 aromatic rings. The minimum atomic E-state index is -0.849. The zero-order chi connectivity index (χ0) is 13.6. The van der Waals surface area contributed by atoms with Crippen molar-refractivity contribution in [2.45, 2.75) is 46.0 Å². The molecule has 0 radical (unpaired) electrons. The summed E-state index contributed by atoms with van der Waals surface area (Å²) in [6.07, 6.45) is 1.11. The van der Waals surface area contributed by atoms with Crippen LogP contribution in [0, 0.1) is 12.3 Å². The third-order valence-corrected chi connectivity index (χ3v) is 4.31. The molecular formula is C16H20O2. The molecule has 0 heterocycles. The van der Waals surface area contributed by atoms with Gasteiger partial charge in [0.25, 0.3) is 0 Å². The smallest absolute Gasteiger partial charge is 0.156 e. The molecule has 1 aliphatic rings. The fourth-order valence-electron chi connectivity index (χ4n) is 2.80. The van der Waals surface area contributed by atoms with Gasteiger partial charge < -0.3 is 0 Å². The first kappa shape index (κ1) is 13.0. The normalized spacial score (nSPS) is 27.3. The largest absolute Gasteiger partial charge is 0.299 e. The first-order chi connectivity index (χ1) is 8.28. The molecule has 1 saturated carbocycles. The van der Waals surface area contributed by atoms with Crippen LogP contribution in [-0.2, 0) is 15.0 Å². The van der Waals surface area contributed by atoms with E-state index in [1.165, 1.54) is 5.56 Å². The number of carbonyl (C=O) groups is 2. The van der Waals surface area contributed by atoms with E-state index in [0.29, 0.717) is 12.8 Å². The summed E-state index contributed by atoms with van der Waals surface area (Å²) in [4.78, 5) is 24.5. The molecule has 0 unspecified atom stereocenters. The molecule has 0 aliphatic heterocycles. The number of carbonyl (C=O) groups excluding carboxylic acids is 2. The lowest BCUT2D eigenvalue weighted by molar-refractivity contribution is -0.146. The van der Waals surface area contributed by atoms with Crippen molar-refractivity contribution in [3.8, 4) is 0 Å². The monoisotopic (exact) mass is 244 g/mol. The summed E-state index contributed by atoms with van der Waals surface area (Å²) in [7, 11) is 0. The van der Waals surface area contributed by atoms with Gasteiger partial charge in [0.1, 0.15) is 5.78 Å². The van der Waals surface area contributed by atoms with E-state index in [-0.39, 0.29) is 11.6 Å². The third-order valence-electron chi connectivity index (χ3n) is 4.31. The Kier molecular flexibility index (Phi) is 2.92. The molecule has 0 saturated heterocycles. The van der Waals surface area contributed by atoms with Crippen LogP contribution in [0.5, 0.6) is 0 Å². The van der Waals surface area contributed by atoms with Gasteiger partial charge in [0.05, 0.1) is 10.8 Å². The topological polar surface area (TPSA) is 34.1 Å². The molecular weight excluding hydrogens is 224 g/mol. The molecule has 0 spiro atoms. The maximum absolute atomic E-state index is 12.6. The summed E-state index contributed by atoms with van der Waals surface area (Å²) in [6.45, 7) is 7.50. The van der Waals surface area contributed by atoms with Crippen LogP contribution in [0.4, 0.5) is 0 Å². The van der Waals surface area contributed by atoms with Crippen LogP contribution in [0.3, 0.4) is 0 Å². The fourth-order valence-corrected chi connectivity index (χ4v) is 2.80. The van der Waals surface area contributed by atoms with Crippen molar-refractivity contribution in [2.75, 3.05) is 0 Å². The highest BCUT2D eigenvalue weighted by Gasteiger charge is 2.50. The van der Waals surface area contributed by atoms with E-state index in [4.69, 9.17) is 0 Å². The molecule has 1 atom stereocenters. The van der Waals surface area contributed by atoms with Crippen LogP contribution >= 0.6 is 0 Å². The Balaban J connectivity index is 2.45. The predicted octanol–water partition coefficient (Wildman–Crippen LogP) is 3.21. The van der Waals surface area contributed by atoms with E-state index in [2.05, 4.69) is 0 Å². The fraction of sp³-hybridized carbons (Fsp3) is 0.500. The summed E-state index contributed by atoms with van der Waals surface area (Å²) < 4.78 is 0. The molecule has 1 aromatic carbocycles. The van der Waals surface area contributed by atoms with Crippen molar-refractivity contribution in [1.29, 1.82) is 0 Å². The Bertz CT molecular complexity index is 496. The highest BCUT2D eigenvalue weighted by Crippen LogP contribution is 2.42. The average molecular weight is 244 g/mol. The van der Waals surface area contributed by atoms with E-state index in [0.717, 1.165) is 5.56 Å². The molecule has 0 bridgehead atoms. The molecule has 2 nitrogen and oxygen atoms in total. The second-order valence-electron chi connectivity index (χ2n) is 6.08. The highest BCUT2D eigenvalue weighted by atomic mass is 16.2. The van der Waals surface area contributed by atoms with Gasteiger partial charge in [0.2, 0.25) is 0 Å². The van der Waals surface area contributed by atoms with Crippen LogP contribution in [0.25, 0.3) is 0 Å². The molecule has 0 N–H and O–H groups in total. The van der Waals surface area contributed by atoms with Crippen molar-refractivity contribution >= 4 is 11.6 Å². The molecule has 1 fully saturated rings. The maximum atomic E-state index is 12.6. The minimum Gasteiger partial charge on any atom is -0.299 e. The first-order valence-electron chi connectivity index (χ1n) is 6.44. The van der Waals surface area contributed by atoms with Gasteiger partial charge in [-0.15, -0.1) is 0 Å². The maximum Gasteiger partial charge on any atom is 0.156 e. The summed E-state index contributed by atoms with van der Waals surface area (Å²) in [5.74, 6) is 0.118. The zero-order valence-corrected chi connectivity index (χ0v) is 11.5. The van der Waals surface area contributed by atoms with Gasteiger partial charge >= 0.3 is 0 Å². The van der Waals surface area contributed by atoms with Crippen molar-refractivity contribution in [3.05, 3.63) is 35.4 Å². The van der Waals surface area contributed by atoms with Gasteiger partial charge in [0.15, 0.2) is 5.78 Å². The van der Waals surface area contributed by atoms with Crippen molar-refractivity contribution < 1.29 is 9.59 Å². The van der Waals surface area contributed by atoms with Crippen LogP contribution in [0.15, 0.2) is 24.3 Å². The second-order valence-corrected chi connectivity index (χ2v) is 6.08. The van der Waals surface area contributed by atoms with E-state index in [9.17, 15) is 9.59 Å². The molecule has 2 heteroatoms. The number of Topliss-reactive ketones (excluding diaryl/α,β-unsaturated/α-hetero) is 2. The lowest BCUT2D eigenvalue weighted by atomic mass is 9.60. The van der Waals surface area contributed by atoms with Crippen LogP contribution < -0.4 is 0 Å². The summed E-state index contributed by atoms with van der Waals surface area (Å²) in [6, 6.07) is 8.08. The average Bonchev–Trinajstić information content (AvgIpc) is 2.33. The van der Waals surface area contributed by atoms with Crippen LogP contribution in [0.1, 0.15) is 44.7 Å². The van der Waals surface area contributed by atoms with Crippen LogP contribution in [0.2, 0.25) is 0 Å². The molecule has 96 valence electrons. The number of ketones is 2. The van der Waals surface area contributed by atoms with Gasteiger partial charge in [-0.1, -0.05) is 29.8 Å². The standard InChI is InChI=1S/C16H20O2/c1-11-5-7-12(8-6-11)16(4)10-9-13(17)15(2,3)14(16)18/h5-8H,9-10H2,1-4H3/t16-/m0/s1. The van der Waals surface area contributed by atoms with Gasteiger partial charge in [-0.25, -0.2) is 0 Å². The van der Waals surface area contributed by atoms with Gasteiger partial charge in [-0.3, -0.25) is 9.59 Å². The molecule has 1 aliphatic carbocycles. The molecule has 0 amide bonds. The Morgan fingerprint density at radius 3 is 2.11 bits per heavy atom. The van der Waals surface area contributed by atoms with Gasteiger partial charge in [-0.05, 0) is 39.7 Å². The minimum absolute atomic E-state index is 0.0510. The first-order valence-corrected chi connectivity index (χ1v) is 6.44. The summed E-state index contributed by atoms with van der Waals surface area (Å²) >= 11 is 0. The van der Waals surface area contributed by atoms with Crippen molar-refractivity contribution in [1.82, 2.24) is 0 Å². The quantitative estimate of drug-likeness (QED) is 0.711. The second kappa shape index (κ2) is 4.04. The molecule has 2 rings (SSSR count). The summed E-state index contributed by atoms with van der Waals surface area (Å²) in [5, 5.41) is 0. The predicted molar refractivity (Wildman–Crippen MR) is 71.6 cm³/mol. The lowest BCUT2D eigenvalue weighted by Gasteiger charge is -2.40. The summed E-state index contributed by atoms with van der Waals surface area (Å²) in [5.41, 5.74) is 0.836. The Morgan fingerprint density at radius 2 is 1.56 bits per heavy atom. The van der Waals surface area contributed by atoms with Crippen LogP contribution in [-0.4, -0.2) is 11.6 Å². The Morgan fingerprint density at radius 1 is 1.00 bits per heavy atom. The third kappa shape index (κ3) is 1.80. The van der Waals surface area contributed by atoms with Gasteiger partial charge in [-0.2, -0.15) is 0 Å². The van der Waals surface area contributed by atoms with E-state index >= 15 is 0 Å². The Hall–Kier alpha value is -1.44. The molecule has 18 heavy (non-hydrogen) atoms. The van der Waals surface area contributed by atoms with E-state index < -0.39 is 10.8 Å². The number of hydrogen-bond acceptors (Lipinski definition) is 2. The SMILES string of the molecule is Cc1ccc([C@]2(C)CCC(=O)C(C)(C)C2=O)cc1. The lowest BCUT2D eigenvalue weighted by Crippen LogP contribution is -2.50. The zero-order valence-electron chi connectivity index (χ0n) is 11.5. The molecule has 0 aromatic heterocycles.